The zero-order valence-corrected chi connectivity index (χ0v) is 14.0. The smallest absolute Gasteiger partial charge is 0.251 e. The average molecular weight is 363 g/mol. The summed E-state index contributed by atoms with van der Waals surface area (Å²) in [5.74, 6) is -0.389. The molecule has 2 heterocycles. The van der Waals surface area contributed by atoms with Gasteiger partial charge in [-0.25, -0.2) is 4.39 Å². The molecule has 4 rings (SSSR count). The van der Waals surface area contributed by atoms with E-state index in [-0.39, 0.29) is 29.7 Å². The topological polar surface area (TPSA) is 96.7 Å². The summed E-state index contributed by atoms with van der Waals surface area (Å²) in [6, 6.07) is 15.1. The molecule has 0 aliphatic carbocycles. The van der Waals surface area contributed by atoms with Crippen LogP contribution in [0.5, 0.6) is 0 Å². The van der Waals surface area contributed by atoms with E-state index in [1.54, 1.807) is 36.5 Å². The van der Waals surface area contributed by atoms with Gasteiger partial charge in [0.2, 0.25) is 11.7 Å². The Morgan fingerprint density at radius 3 is 2.67 bits per heavy atom. The number of hydrogen-bond acceptors (Lipinski definition) is 5. The van der Waals surface area contributed by atoms with Gasteiger partial charge in [0.15, 0.2) is 0 Å². The fourth-order valence-corrected chi connectivity index (χ4v) is 2.55. The molecule has 0 saturated heterocycles. The normalized spacial score (nSPS) is 10.7. The van der Waals surface area contributed by atoms with Crippen molar-refractivity contribution in [3.63, 3.8) is 0 Å². The molecule has 0 unspecified atom stereocenters. The predicted molar refractivity (Wildman–Crippen MR) is 94.9 cm³/mol. The Bertz CT molecular complexity index is 1060. The second-order valence-electron chi connectivity index (χ2n) is 5.72. The predicted octanol–water partition coefficient (Wildman–Crippen LogP) is 3.20. The van der Waals surface area contributed by atoms with Crippen LogP contribution in [-0.4, -0.2) is 26.2 Å². The molecule has 0 saturated carbocycles. The Morgan fingerprint density at radius 1 is 1.11 bits per heavy atom. The van der Waals surface area contributed by atoms with Crippen molar-refractivity contribution in [1.82, 2.24) is 25.7 Å². The number of benzene rings is 2. The Kier molecular flexibility index (Phi) is 4.44. The highest BCUT2D eigenvalue weighted by molar-refractivity contribution is 5.94. The lowest BCUT2D eigenvalue weighted by Crippen LogP contribution is -2.22. The zero-order chi connectivity index (χ0) is 18.6. The molecular formula is C19H14FN5O2. The van der Waals surface area contributed by atoms with Crippen LogP contribution in [-0.2, 0) is 6.54 Å². The standard InChI is InChI=1S/C19H14FN5O2/c20-15-4-2-1-3-14(15)18-23-17(27-25-18)11-21-19(26)13-7-5-12(6-8-13)16-9-10-22-24-16/h1-10H,11H2,(H,21,26)(H,22,24). The van der Waals surface area contributed by atoms with Gasteiger partial charge in [0, 0.05) is 11.8 Å². The van der Waals surface area contributed by atoms with Gasteiger partial charge in [-0.15, -0.1) is 0 Å². The minimum absolute atomic E-state index is 0.0442. The average Bonchev–Trinajstić information content (AvgIpc) is 3.39. The van der Waals surface area contributed by atoms with Gasteiger partial charge in [-0.1, -0.05) is 29.4 Å². The summed E-state index contributed by atoms with van der Waals surface area (Å²) in [5.41, 5.74) is 2.53. The van der Waals surface area contributed by atoms with E-state index < -0.39 is 5.82 Å². The van der Waals surface area contributed by atoms with E-state index in [0.29, 0.717) is 5.56 Å². The maximum absolute atomic E-state index is 13.8. The number of nitrogens with zero attached hydrogens (tertiary/aromatic N) is 3. The molecule has 27 heavy (non-hydrogen) atoms. The first-order valence-corrected chi connectivity index (χ1v) is 8.16. The van der Waals surface area contributed by atoms with Crippen LogP contribution in [0, 0.1) is 5.82 Å². The Labute approximate surface area is 153 Å². The number of halogens is 1. The molecular weight excluding hydrogens is 349 g/mol. The third-order valence-corrected chi connectivity index (χ3v) is 3.94. The van der Waals surface area contributed by atoms with E-state index in [1.807, 2.05) is 18.2 Å². The van der Waals surface area contributed by atoms with Crippen molar-refractivity contribution in [1.29, 1.82) is 0 Å². The highest BCUT2D eigenvalue weighted by Crippen LogP contribution is 2.19. The second kappa shape index (κ2) is 7.20. The Hall–Kier alpha value is -3.81. The first-order valence-electron chi connectivity index (χ1n) is 8.16. The number of carbonyl (C=O) groups is 1. The third kappa shape index (κ3) is 3.59. The molecule has 0 fully saturated rings. The highest BCUT2D eigenvalue weighted by atomic mass is 19.1. The number of H-pyrrole nitrogens is 1. The summed E-state index contributed by atoms with van der Waals surface area (Å²) in [5, 5.41) is 13.2. The van der Waals surface area contributed by atoms with Gasteiger partial charge in [0.25, 0.3) is 5.91 Å². The van der Waals surface area contributed by atoms with Gasteiger partial charge < -0.3 is 9.84 Å². The SMILES string of the molecule is O=C(NCc1nc(-c2ccccc2F)no1)c1ccc(-c2ccn[nH]2)cc1. The van der Waals surface area contributed by atoms with Gasteiger partial charge in [-0.2, -0.15) is 10.1 Å². The fourth-order valence-electron chi connectivity index (χ4n) is 2.55. The summed E-state index contributed by atoms with van der Waals surface area (Å²) >= 11 is 0. The van der Waals surface area contributed by atoms with E-state index in [4.69, 9.17) is 4.52 Å². The van der Waals surface area contributed by atoms with Crippen molar-refractivity contribution in [2.75, 3.05) is 0 Å². The summed E-state index contributed by atoms with van der Waals surface area (Å²) in [4.78, 5) is 16.4. The molecule has 0 bridgehead atoms. The maximum atomic E-state index is 13.8. The molecule has 134 valence electrons. The van der Waals surface area contributed by atoms with E-state index in [0.717, 1.165) is 11.3 Å². The first kappa shape index (κ1) is 16.6. The number of aromatic amines is 1. The molecule has 8 heteroatoms. The van der Waals surface area contributed by atoms with Crippen LogP contribution in [0.2, 0.25) is 0 Å². The van der Waals surface area contributed by atoms with Crippen LogP contribution >= 0.6 is 0 Å². The molecule has 2 aromatic heterocycles. The van der Waals surface area contributed by atoms with Gasteiger partial charge in [0.1, 0.15) is 5.82 Å². The molecule has 4 aromatic rings. The number of carbonyl (C=O) groups excluding carboxylic acids is 1. The number of rotatable bonds is 5. The van der Waals surface area contributed by atoms with Crippen LogP contribution in [0.4, 0.5) is 4.39 Å². The largest absolute Gasteiger partial charge is 0.343 e. The van der Waals surface area contributed by atoms with Crippen molar-refractivity contribution < 1.29 is 13.7 Å². The van der Waals surface area contributed by atoms with Gasteiger partial charge >= 0.3 is 0 Å². The van der Waals surface area contributed by atoms with Gasteiger partial charge in [0.05, 0.1) is 17.8 Å². The Balaban J connectivity index is 1.40. The molecule has 7 nitrogen and oxygen atoms in total. The Morgan fingerprint density at radius 2 is 1.93 bits per heavy atom. The summed E-state index contributed by atoms with van der Waals surface area (Å²) < 4.78 is 18.8. The van der Waals surface area contributed by atoms with Crippen molar-refractivity contribution >= 4 is 5.91 Å². The minimum atomic E-state index is -0.439. The number of aromatic nitrogens is 4. The van der Waals surface area contributed by atoms with Crippen LogP contribution in [0.25, 0.3) is 22.6 Å². The third-order valence-electron chi connectivity index (χ3n) is 3.94. The lowest BCUT2D eigenvalue weighted by molar-refractivity contribution is 0.0946. The van der Waals surface area contributed by atoms with Crippen molar-refractivity contribution in [3.8, 4) is 22.6 Å². The van der Waals surface area contributed by atoms with Crippen molar-refractivity contribution in [2.24, 2.45) is 0 Å². The minimum Gasteiger partial charge on any atom is -0.343 e. The number of hydrogen-bond donors (Lipinski definition) is 2. The van der Waals surface area contributed by atoms with E-state index in [9.17, 15) is 9.18 Å². The molecule has 2 aromatic carbocycles. The lowest BCUT2D eigenvalue weighted by Gasteiger charge is -2.03. The van der Waals surface area contributed by atoms with Crippen molar-refractivity contribution in [2.45, 2.75) is 6.54 Å². The van der Waals surface area contributed by atoms with Crippen LogP contribution in [0.3, 0.4) is 0 Å². The molecule has 0 atom stereocenters. The number of nitrogens with one attached hydrogen (secondary N) is 2. The zero-order valence-electron chi connectivity index (χ0n) is 14.0. The molecule has 0 aliphatic heterocycles. The van der Waals surface area contributed by atoms with Crippen LogP contribution in [0.1, 0.15) is 16.2 Å². The monoisotopic (exact) mass is 363 g/mol. The van der Waals surface area contributed by atoms with Gasteiger partial charge in [-0.05, 0) is 35.9 Å². The molecule has 0 spiro atoms. The van der Waals surface area contributed by atoms with Gasteiger partial charge in [-0.3, -0.25) is 9.89 Å². The molecule has 0 radical (unpaired) electrons. The highest BCUT2D eigenvalue weighted by Gasteiger charge is 2.13. The van der Waals surface area contributed by atoms with Crippen molar-refractivity contribution in [3.05, 3.63) is 78.1 Å². The van der Waals surface area contributed by atoms with E-state index in [2.05, 4.69) is 25.7 Å². The lowest BCUT2D eigenvalue weighted by atomic mass is 10.1. The summed E-state index contributed by atoms with van der Waals surface area (Å²) in [6.07, 6.45) is 1.66. The molecule has 0 aliphatic rings. The van der Waals surface area contributed by atoms with E-state index in [1.165, 1.54) is 6.07 Å². The quantitative estimate of drug-likeness (QED) is 0.568. The summed E-state index contributed by atoms with van der Waals surface area (Å²) in [7, 11) is 0. The van der Waals surface area contributed by atoms with E-state index >= 15 is 0 Å². The van der Waals surface area contributed by atoms with Crippen LogP contribution in [0.15, 0.2) is 65.3 Å². The first-order chi connectivity index (χ1) is 13.2. The second-order valence-corrected chi connectivity index (χ2v) is 5.72. The fraction of sp³-hybridized carbons (Fsp3) is 0.0526. The molecule has 1 amide bonds. The molecule has 2 N–H and O–H groups in total. The van der Waals surface area contributed by atoms with Crippen LogP contribution < -0.4 is 5.32 Å². The number of amides is 1. The maximum Gasteiger partial charge on any atom is 0.251 e. The summed E-state index contributed by atoms with van der Waals surface area (Å²) in [6.45, 7) is 0.0442.